The van der Waals surface area contributed by atoms with Crippen molar-refractivity contribution in [1.82, 2.24) is 0 Å². The first kappa shape index (κ1) is 14.8. The molecule has 0 aliphatic carbocycles. The summed E-state index contributed by atoms with van der Waals surface area (Å²) in [7, 11) is 0. The lowest BCUT2D eigenvalue weighted by molar-refractivity contribution is -0.249. The Labute approximate surface area is 115 Å². The van der Waals surface area contributed by atoms with Crippen molar-refractivity contribution in [3.63, 3.8) is 0 Å². The van der Waals surface area contributed by atoms with Crippen molar-refractivity contribution in [3.05, 3.63) is 42.5 Å². The largest absolute Gasteiger partial charge is 0.431 e. The van der Waals surface area contributed by atoms with Gasteiger partial charge in [-0.2, -0.15) is 22.0 Å². The Kier molecular flexibility index (Phi) is 3.77. The van der Waals surface area contributed by atoms with Gasteiger partial charge in [0.25, 0.3) is 0 Å². The Morgan fingerprint density at radius 3 is 2.15 bits per heavy atom. The van der Waals surface area contributed by atoms with Crippen molar-refractivity contribution in [3.8, 4) is 5.75 Å². The second-order valence-corrected chi connectivity index (χ2v) is 4.48. The van der Waals surface area contributed by atoms with Gasteiger partial charge in [0.15, 0.2) is 0 Å². The standard InChI is InChI=1S/C13H8ClF5O/c14-11(12(15,16)17)13(18,19)20-10-7-3-5-8-4-1-2-6-9(8)10/h1-7,11H. The third kappa shape index (κ3) is 2.95. The first-order chi connectivity index (χ1) is 9.22. The Hall–Kier alpha value is -1.56. The van der Waals surface area contributed by atoms with Crippen molar-refractivity contribution in [2.75, 3.05) is 0 Å². The van der Waals surface area contributed by atoms with E-state index in [0.717, 1.165) is 6.07 Å². The molecule has 0 spiro atoms. The van der Waals surface area contributed by atoms with E-state index in [0.29, 0.717) is 5.39 Å². The Bertz CT molecular complexity index is 606. The molecule has 0 aliphatic heterocycles. The van der Waals surface area contributed by atoms with Crippen LogP contribution in [0.4, 0.5) is 22.0 Å². The first-order valence-electron chi connectivity index (χ1n) is 5.47. The van der Waals surface area contributed by atoms with Crippen LogP contribution in [0, 0.1) is 0 Å². The van der Waals surface area contributed by atoms with Gasteiger partial charge < -0.3 is 4.74 Å². The average Bonchev–Trinajstić information content (AvgIpc) is 2.37. The fraction of sp³-hybridized carbons (Fsp3) is 0.231. The van der Waals surface area contributed by atoms with E-state index >= 15 is 0 Å². The molecule has 0 aliphatic rings. The zero-order valence-corrected chi connectivity index (χ0v) is 10.6. The Morgan fingerprint density at radius 1 is 0.900 bits per heavy atom. The number of fused-ring (bicyclic) bond motifs is 1. The van der Waals surface area contributed by atoms with Gasteiger partial charge in [0.1, 0.15) is 5.75 Å². The second-order valence-electron chi connectivity index (χ2n) is 4.05. The molecule has 0 bridgehead atoms. The molecular formula is C13H8ClF5O. The van der Waals surface area contributed by atoms with Crippen molar-refractivity contribution in [1.29, 1.82) is 0 Å². The quantitative estimate of drug-likeness (QED) is 0.574. The van der Waals surface area contributed by atoms with Crippen molar-refractivity contribution < 1.29 is 26.7 Å². The van der Waals surface area contributed by atoms with Crippen LogP contribution in [0.2, 0.25) is 0 Å². The fourth-order valence-electron chi connectivity index (χ4n) is 1.67. The number of alkyl halides is 6. The number of benzene rings is 2. The van der Waals surface area contributed by atoms with Crippen LogP contribution in [0.25, 0.3) is 10.8 Å². The number of halogens is 6. The van der Waals surface area contributed by atoms with Gasteiger partial charge in [-0.15, -0.1) is 11.6 Å². The molecule has 0 heterocycles. The van der Waals surface area contributed by atoms with E-state index in [4.69, 9.17) is 11.6 Å². The van der Waals surface area contributed by atoms with E-state index in [1.54, 1.807) is 24.3 Å². The highest BCUT2D eigenvalue weighted by Crippen LogP contribution is 2.39. The van der Waals surface area contributed by atoms with Crippen molar-refractivity contribution in [2.24, 2.45) is 0 Å². The van der Waals surface area contributed by atoms with Gasteiger partial charge >= 0.3 is 12.3 Å². The van der Waals surface area contributed by atoms with Crippen LogP contribution in [0.5, 0.6) is 5.75 Å². The van der Waals surface area contributed by atoms with Crippen LogP contribution in [-0.2, 0) is 0 Å². The summed E-state index contributed by atoms with van der Waals surface area (Å²) in [5.41, 5.74) is 0. The Morgan fingerprint density at radius 2 is 1.50 bits per heavy atom. The molecule has 0 radical (unpaired) electrons. The lowest BCUT2D eigenvalue weighted by Gasteiger charge is -2.24. The second kappa shape index (κ2) is 5.09. The summed E-state index contributed by atoms with van der Waals surface area (Å²) in [4.78, 5) is 0. The summed E-state index contributed by atoms with van der Waals surface area (Å²) >= 11 is 4.75. The molecule has 2 aromatic rings. The lowest BCUT2D eigenvalue weighted by Crippen LogP contribution is -2.44. The summed E-state index contributed by atoms with van der Waals surface area (Å²) in [6, 6.07) is 10.5. The topological polar surface area (TPSA) is 9.23 Å². The van der Waals surface area contributed by atoms with Crippen molar-refractivity contribution in [2.45, 2.75) is 17.7 Å². The molecule has 0 amide bonds. The monoisotopic (exact) mass is 310 g/mol. The SMILES string of the molecule is FC(F)(F)C(Cl)C(F)(F)Oc1cccc2ccccc12. The highest BCUT2D eigenvalue weighted by molar-refractivity contribution is 6.21. The molecule has 20 heavy (non-hydrogen) atoms. The number of rotatable bonds is 3. The van der Waals surface area contributed by atoms with E-state index in [-0.39, 0.29) is 11.1 Å². The minimum absolute atomic E-state index is 0.278. The van der Waals surface area contributed by atoms with E-state index in [1.165, 1.54) is 12.1 Å². The number of hydrogen-bond acceptors (Lipinski definition) is 1. The number of hydrogen-bond donors (Lipinski definition) is 0. The predicted octanol–water partition coefficient (Wildman–Crippen LogP) is 4.98. The lowest BCUT2D eigenvalue weighted by atomic mass is 10.1. The van der Waals surface area contributed by atoms with Gasteiger partial charge in [-0.25, -0.2) is 0 Å². The van der Waals surface area contributed by atoms with Crippen LogP contribution in [0.3, 0.4) is 0 Å². The maximum Gasteiger partial charge on any atom is 0.423 e. The minimum Gasteiger partial charge on any atom is -0.431 e. The van der Waals surface area contributed by atoms with Gasteiger partial charge in [0.05, 0.1) is 0 Å². The highest BCUT2D eigenvalue weighted by Gasteiger charge is 2.57. The normalized spacial score (nSPS) is 14.3. The number of ether oxygens (including phenoxy) is 1. The molecular weight excluding hydrogens is 303 g/mol. The van der Waals surface area contributed by atoms with Gasteiger partial charge in [-0.1, -0.05) is 36.4 Å². The molecule has 1 nitrogen and oxygen atoms in total. The van der Waals surface area contributed by atoms with Crippen LogP contribution in [0.1, 0.15) is 0 Å². The molecule has 1 atom stereocenters. The molecule has 2 aromatic carbocycles. The third-order valence-corrected chi connectivity index (χ3v) is 3.08. The maximum absolute atomic E-state index is 13.5. The zero-order valence-electron chi connectivity index (χ0n) is 9.79. The van der Waals surface area contributed by atoms with Crippen LogP contribution >= 0.6 is 11.6 Å². The van der Waals surface area contributed by atoms with Gasteiger partial charge in [-0.05, 0) is 11.5 Å². The molecule has 0 fully saturated rings. The highest BCUT2D eigenvalue weighted by atomic mass is 35.5. The molecule has 0 N–H and O–H groups in total. The molecule has 0 saturated heterocycles. The van der Waals surface area contributed by atoms with E-state index in [1.807, 2.05) is 0 Å². The molecule has 2 rings (SSSR count). The molecule has 7 heteroatoms. The molecule has 1 unspecified atom stereocenters. The van der Waals surface area contributed by atoms with E-state index in [9.17, 15) is 22.0 Å². The third-order valence-electron chi connectivity index (χ3n) is 2.58. The average molecular weight is 311 g/mol. The van der Waals surface area contributed by atoms with E-state index < -0.39 is 17.7 Å². The Balaban J connectivity index is 2.37. The summed E-state index contributed by atoms with van der Waals surface area (Å²) in [5, 5.41) is -2.58. The van der Waals surface area contributed by atoms with Crippen LogP contribution < -0.4 is 4.74 Å². The first-order valence-corrected chi connectivity index (χ1v) is 5.91. The molecule has 0 aromatic heterocycles. The zero-order chi connectivity index (χ0) is 15.0. The van der Waals surface area contributed by atoms with Gasteiger partial charge in [0, 0.05) is 5.39 Å². The molecule has 108 valence electrons. The van der Waals surface area contributed by atoms with Crippen LogP contribution in [0.15, 0.2) is 42.5 Å². The fourth-order valence-corrected chi connectivity index (χ4v) is 1.72. The minimum atomic E-state index is -5.27. The summed E-state index contributed by atoms with van der Waals surface area (Å²) in [6.45, 7) is 0. The predicted molar refractivity (Wildman–Crippen MR) is 65.2 cm³/mol. The summed E-state index contributed by atoms with van der Waals surface area (Å²) in [6.07, 6.45) is -9.83. The summed E-state index contributed by atoms with van der Waals surface area (Å²) in [5.74, 6) is -0.358. The maximum atomic E-state index is 13.5. The van der Waals surface area contributed by atoms with E-state index in [2.05, 4.69) is 4.74 Å². The van der Waals surface area contributed by atoms with Gasteiger partial charge in [-0.3, -0.25) is 0 Å². The smallest absolute Gasteiger partial charge is 0.423 e. The molecule has 0 saturated carbocycles. The van der Waals surface area contributed by atoms with Crippen molar-refractivity contribution >= 4 is 22.4 Å². The van der Waals surface area contributed by atoms with Gasteiger partial charge in [0.2, 0.25) is 5.38 Å². The van der Waals surface area contributed by atoms with Crippen LogP contribution in [-0.4, -0.2) is 17.7 Å². The summed E-state index contributed by atoms with van der Waals surface area (Å²) < 4.78 is 67.9.